The average Bonchev–Trinajstić information content (AvgIpc) is 3.34. The second-order valence-electron chi connectivity index (χ2n) is 6.81. The van der Waals surface area contributed by atoms with Crippen molar-refractivity contribution in [3.63, 3.8) is 0 Å². The average molecular weight is 427 g/mol. The molecule has 2 N–H and O–H groups in total. The van der Waals surface area contributed by atoms with E-state index in [9.17, 15) is 28.9 Å². The summed E-state index contributed by atoms with van der Waals surface area (Å²) in [5.41, 5.74) is 0.312. The summed E-state index contributed by atoms with van der Waals surface area (Å²) in [5, 5.41) is 17.2. The van der Waals surface area contributed by atoms with E-state index in [-0.39, 0.29) is 24.5 Å². The van der Waals surface area contributed by atoms with Crippen LogP contribution in [0, 0.1) is 21.8 Å². The molecule has 0 radical (unpaired) electrons. The van der Waals surface area contributed by atoms with Crippen molar-refractivity contribution in [1.82, 2.24) is 10.1 Å². The van der Waals surface area contributed by atoms with Gasteiger partial charge < -0.3 is 10.2 Å². The van der Waals surface area contributed by atoms with Gasteiger partial charge in [-0.1, -0.05) is 17.3 Å². The third kappa shape index (κ3) is 4.03. The molecule has 1 unspecified atom stereocenters. The monoisotopic (exact) mass is 427 g/mol. The minimum atomic E-state index is -1.01. The molecule has 0 bridgehead atoms. The summed E-state index contributed by atoms with van der Waals surface area (Å²) in [6, 6.07) is 9.63. The number of H-pyrrole nitrogens is 1. The van der Waals surface area contributed by atoms with Crippen molar-refractivity contribution < 1.29 is 23.4 Å². The van der Waals surface area contributed by atoms with Gasteiger partial charge in [0.2, 0.25) is 17.6 Å². The molecule has 1 fully saturated rings. The van der Waals surface area contributed by atoms with Crippen LogP contribution in [0.25, 0.3) is 11.4 Å². The highest BCUT2D eigenvalue weighted by Crippen LogP contribution is 2.30. The van der Waals surface area contributed by atoms with E-state index in [0.29, 0.717) is 11.3 Å². The summed E-state index contributed by atoms with van der Waals surface area (Å²) in [5.74, 6) is -3.08. The number of anilines is 2. The predicted molar refractivity (Wildman–Crippen MR) is 105 cm³/mol. The van der Waals surface area contributed by atoms with Gasteiger partial charge in [-0.25, -0.2) is 4.79 Å². The Balaban J connectivity index is 1.49. The van der Waals surface area contributed by atoms with Crippen LogP contribution < -0.4 is 16.0 Å². The van der Waals surface area contributed by atoms with Gasteiger partial charge in [0.15, 0.2) is 5.82 Å². The van der Waals surface area contributed by atoms with Gasteiger partial charge in [-0.3, -0.25) is 29.2 Å². The molecule has 4 rings (SSSR count). The zero-order valence-electron chi connectivity index (χ0n) is 15.7. The van der Waals surface area contributed by atoms with Crippen molar-refractivity contribution in [3.05, 3.63) is 68.9 Å². The van der Waals surface area contributed by atoms with Crippen LogP contribution in [-0.2, 0) is 9.59 Å². The van der Waals surface area contributed by atoms with Gasteiger partial charge in [0, 0.05) is 30.3 Å². The number of nitro groups is 1. The summed E-state index contributed by atoms with van der Waals surface area (Å²) in [6.07, 6.45) is -0.104. The van der Waals surface area contributed by atoms with Gasteiger partial charge >= 0.3 is 11.4 Å². The zero-order valence-corrected chi connectivity index (χ0v) is 15.7. The molecule has 1 aliphatic heterocycles. The van der Waals surface area contributed by atoms with Crippen molar-refractivity contribution in [2.75, 3.05) is 16.8 Å². The molecule has 0 saturated carbocycles. The first-order chi connectivity index (χ1) is 14.8. The molecule has 2 aromatic carbocycles. The standard InChI is InChI=1S/C19H14FN5O6/c20-14-5-4-13(8-15(14)25(29)30)24-9-11(7-16(24)26)18(27)21-12-3-1-2-10(6-12)17-22-19(28)31-23-17/h1-6,8,11H,7,9H2,(H,21,27)(H,22,23,28). The van der Waals surface area contributed by atoms with E-state index in [0.717, 1.165) is 12.1 Å². The maximum Gasteiger partial charge on any atom is 0.439 e. The van der Waals surface area contributed by atoms with Crippen LogP contribution in [0.15, 0.2) is 51.8 Å². The summed E-state index contributed by atoms with van der Waals surface area (Å²) in [6.45, 7) is -0.0102. The number of rotatable bonds is 5. The van der Waals surface area contributed by atoms with Crippen LogP contribution in [0.3, 0.4) is 0 Å². The number of aromatic nitrogens is 2. The Morgan fingerprint density at radius 1 is 1.29 bits per heavy atom. The number of hydrogen-bond acceptors (Lipinski definition) is 7. The number of nitro benzene ring substituents is 1. The second kappa shape index (κ2) is 7.82. The molecule has 0 spiro atoms. The van der Waals surface area contributed by atoms with E-state index >= 15 is 0 Å². The quantitative estimate of drug-likeness (QED) is 0.467. The first kappa shape index (κ1) is 19.9. The number of nitrogens with zero attached hydrogens (tertiary/aromatic N) is 3. The Kier molecular flexibility index (Phi) is 5.03. The lowest BCUT2D eigenvalue weighted by Crippen LogP contribution is -2.28. The van der Waals surface area contributed by atoms with E-state index in [1.807, 2.05) is 0 Å². The number of halogens is 1. The molecule has 1 saturated heterocycles. The highest BCUT2D eigenvalue weighted by Gasteiger charge is 2.36. The minimum absolute atomic E-state index is 0.0102. The largest absolute Gasteiger partial charge is 0.439 e. The second-order valence-corrected chi connectivity index (χ2v) is 6.81. The molecular formula is C19H14FN5O6. The van der Waals surface area contributed by atoms with Gasteiger partial charge in [0.1, 0.15) is 0 Å². The molecule has 0 aliphatic carbocycles. The number of carbonyl (C=O) groups is 2. The van der Waals surface area contributed by atoms with E-state index in [2.05, 4.69) is 20.0 Å². The number of carbonyl (C=O) groups excluding carboxylic acids is 2. The zero-order chi connectivity index (χ0) is 22.1. The Morgan fingerprint density at radius 3 is 2.81 bits per heavy atom. The molecule has 11 nitrogen and oxygen atoms in total. The van der Waals surface area contributed by atoms with E-state index < -0.39 is 39.9 Å². The Labute approximate surface area is 172 Å². The van der Waals surface area contributed by atoms with Crippen LogP contribution >= 0.6 is 0 Å². The van der Waals surface area contributed by atoms with Gasteiger partial charge in [-0.15, -0.1) is 0 Å². The maximum absolute atomic E-state index is 13.6. The van der Waals surface area contributed by atoms with E-state index in [1.165, 1.54) is 11.0 Å². The Hall–Kier alpha value is -4.35. The first-order valence-corrected chi connectivity index (χ1v) is 9.03. The fraction of sp³-hybridized carbons (Fsp3) is 0.158. The van der Waals surface area contributed by atoms with Crippen molar-refractivity contribution in [2.24, 2.45) is 5.92 Å². The molecule has 158 valence electrons. The molecule has 1 aromatic heterocycles. The molecular weight excluding hydrogens is 413 g/mol. The van der Waals surface area contributed by atoms with Crippen LogP contribution in [-0.4, -0.2) is 33.4 Å². The topological polar surface area (TPSA) is 151 Å². The fourth-order valence-electron chi connectivity index (χ4n) is 3.28. The summed E-state index contributed by atoms with van der Waals surface area (Å²) in [4.78, 5) is 49.8. The highest BCUT2D eigenvalue weighted by molar-refractivity contribution is 6.03. The lowest BCUT2D eigenvalue weighted by Gasteiger charge is -2.16. The Morgan fingerprint density at radius 2 is 2.10 bits per heavy atom. The molecule has 2 amide bonds. The smallest absolute Gasteiger partial charge is 0.326 e. The number of benzene rings is 2. The van der Waals surface area contributed by atoms with Gasteiger partial charge in [-0.2, -0.15) is 4.39 Å². The molecule has 31 heavy (non-hydrogen) atoms. The Bertz CT molecular complexity index is 1250. The molecule has 3 aromatic rings. The highest BCUT2D eigenvalue weighted by atomic mass is 19.1. The molecule has 12 heteroatoms. The molecule has 1 atom stereocenters. The summed E-state index contributed by atoms with van der Waals surface area (Å²) in [7, 11) is 0. The number of amides is 2. The van der Waals surface area contributed by atoms with Crippen molar-refractivity contribution in [3.8, 4) is 11.4 Å². The minimum Gasteiger partial charge on any atom is -0.326 e. The number of aromatic amines is 1. The van der Waals surface area contributed by atoms with E-state index in [4.69, 9.17) is 0 Å². The third-order valence-corrected chi connectivity index (χ3v) is 4.78. The molecule has 1 aliphatic rings. The van der Waals surface area contributed by atoms with Gasteiger partial charge in [0.25, 0.3) is 0 Å². The molecule has 2 heterocycles. The SMILES string of the molecule is O=C(Nc1cccc(-c2noc(=O)[nH]2)c1)C1CC(=O)N(c2ccc(F)c([N+](=O)[O-])c2)C1. The predicted octanol–water partition coefficient (Wildman–Crippen LogP) is 2.07. The first-order valence-electron chi connectivity index (χ1n) is 9.03. The maximum atomic E-state index is 13.6. The van der Waals surface area contributed by atoms with Crippen LogP contribution in [0.5, 0.6) is 0 Å². The van der Waals surface area contributed by atoms with Crippen LogP contribution in [0.2, 0.25) is 0 Å². The van der Waals surface area contributed by atoms with E-state index in [1.54, 1.807) is 24.3 Å². The lowest BCUT2D eigenvalue weighted by molar-refractivity contribution is -0.387. The van der Waals surface area contributed by atoms with Crippen LogP contribution in [0.1, 0.15) is 6.42 Å². The van der Waals surface area contributed by atoms with Crippen molar-refractivity contribution in [1.29, 1.82) is 0 Å². The fourth-order valence-corrected chi connectivity index (χ4v) is 3.28. The van der Waals surface area contributed by atoms with Crippen molar-refractivity contribution in [2.45, 2.75) is 6.42 Å². The van der Waals surface area contributed by atoms with Crippen molar-refractivity contribution >= 4 is 28.9 Å². The normalized spacial score (nSPS) is 15.8. The van der Waals surface area contributed by atoms with Gasteiger partial charge in [0.05, 0.1) is 16.5 Å². The third-order valence-electron chi connectivity index (χ3n) is 4.78. The number of nitrogens with one attached hydrogen (secondary N) is 2. The number of hydrogen-bond donors (Lipinski definition) is 2. The summed E-state index contributed by atoms with van der Waals surface area (Å²) >= 11 is 0. The van der Waals surface area contributed by atoms with Crippen LogP contribution in [0.4, 0.5) is 21.5 Å². The summed E-state index contributed by atoms with van der Waals surface area (Å²) < 4.78 is 18.0. The van der Waals surface area contributed by atoms with Gasteiger partial charge in [-0.05, 0) is 24.3 Å². The lowest BCUT2D eigenvalue weighted by atomic mass is 10.1.